The summed E-state index contributed by atoms with van der Waals surface area (Å²) in [7, 11) is 0. The fourth-order valence-electron chi connectivity index (χ4n) is 4.10. The number of nitrogens with zero attached hydrogens (tertiary/aromatic N) is 2. The lowest BCUT2D eigenvalue weighted by Crippen LogP contribution is -2.29. The average Bonchev–Trinajstić information content (AvgIpc) is 2.78. The van der Waals surface area contributed by atoms with E-state index in [4.69, 9.17) is 11.6 Å². The Labute approximate surface area is 187 Å². The molecular weight excluding hydrogens is 410 g/mol. The van der Waals surface area contributed by atoms with Crippen LogP contribution in [0.3, 0.4) is 0 Å². The van der Waals surface area contributed by atoms with Crippen LogP contribution in [-0.2, 0) is 4.79 Å². The lowest BCUT2D eigenvalue weighted by Gasteiger charge is -2.23. The minimum atomic E-state index is -0.187. The molecule has 1 saturated carbocycles. The van der Waals surface area contributed by atoms with E-state index >= 15 is 0 Å². The molecule has 1 amide bonds. The van der Waals surface area contributed by atoms with E-state index in [0.29, 0.717) is 22.1 Å². The first-order valence-corrected chi connectivity index (χ1v) is 11.1. The molecule has 1 heterocycles. The molecule has 3 aromatic rings. The summed E-state index contributed by atoms with van der Waals surface area (Å²) in [6.07, 6.45) is 5.02. The van der Waals surface area contributed by atoms with Crippen LogP contribution in [0.1, 0.15) is 43.4 Å². The van der Waals surface area contributed by atoms with Crippen LogP contribution in [0.5, 0.6) is 0 Å². The molecule has 160 valence electrons. The van der Waals surface area contributed by atoms with E-state index in [2.05, 4.69) is 10.4 Å². The van der Waals surface area contributed by atoms with Crippen LogP contribution in [0.2, 0.25) is 5.02 Å². The standard InChI is InChI=1S/C25H26ClN3O2/c1-16-8-10-18(11-9-16)22-23(30)17(2)28-29(21-14-12-20(26)13-15-21)24(22)27-25(31)19-6-4-3-5-7-19/h8-15,19H,3-7H2,1-2H3,(H,27,31). The first-order valence-electron chi connectivity index (χ1n) is 10.7. The van der Waals surface area contributed by atoms with Gasteiger partial charge in [-0.2, -0.15) is 5.10 Å². The molecule has 0 bridgehead atoms. The molecule has 2 aromatic carbocycles. The molecule has 0 saturated heterocycles. The molecular formula is C25H26ClN3O2. The number of amides is 1. The largest absolute Gasteiger partial charge is 0.310 e. The van der Waals surface area contributed by atoms with Gasteiger partial charge in [-0.15, -0.1) is 0 Å². The lowest BCUT2D eigenvalue weighted by atomic mass is 9.88. The number of aryl methyl sites for hydroxylation is 2. The topological polar surface area (TPSA) is 64.0 Å². The third kappa shape index (κ3) is 4.57. The van der Waals surface area contributed by atoms with E-state index in [-0.39, 0.29) is 17.3 Å². The van der Waals surface area contributed by atoms with Crippen molar-refractivity contribution in [3.05, 3.63) is 75.0 Å². The minimum Gasteiger partial charge on any atom is -0.310 e. The number of anilines is 1. The van der Waals surface area contributed by atoms with Gasteiger partial charge in [0.2, 0.25) is 11.3 Å². The van der Waals surface area contributed by atoms with Gasteiger partial charge in [-0.3, -0.25) is 9.59 Å². The summed E-state index contributed by atoms with van der Waals surface area (Å²) in [5.41, 5.74) is 3.20. The van der Waals surface area contributed by atoms with Crippen LogP contribution in [0.4, 0.5) is 5.82 Å². The van der Waals surface area contributed by atoms with Crippen molar-refractivity contribution in [1.29, 1.82) is 0 Å². The first kappa shape index (κ1) is 21.3. The third-order valence-corrected chi connectivity index (χ3v) is 6.14. The zero-order valence-electron chi connectivity index (χ0n) is 17.8. The first-order chi connectivity index (χ1) is 14.9. The van der Waals surface area contributed by atoms with Crippen molar-refractivity contribution in [3.63, 3.8) is 0 Å². The Bertz CT molecular complexity index is 1150. The van der Waals surface area contributed by atoms with Crippen molar-refractivity contribution < 1.29 is 4.79 Å². The van der Waals surface area contributed by atoms with Gasteiger partial charge >= 0.3 is 0 Å². The highest BCUT2D eigenvalue weighted by atomic mass is 35.5. The summed E-state index contributed by atoms with van der Waals surface area (Å²) < 4.78 is 1.64. The van der Waals surface area contributed by atoms with Crippen LogP contribution in [-0.4, -0.2) is 15.7 Å². The van der Waals surface area contributed by atoms with Crippen molar-refractivity contribution in [3.8, 4) is 16.8 Å². The van der Waals surface area contributed by atoms with Gasteiger partial charge in [0, 0.05) is 10.9 Å². The Kier molecular flexibility index (Phi) is 6.23. The minimum absolute atomic E-state index is 0.0466. The number of carbonyl (C=O) groups excluding carboxylic acids is 1. The Morgan fingerprint density at radius 1 is 1.00 bits per heavy atom. The van der Waals surface area contributed by atoms with Gasteiger partial charge in [-0.05, 0) is 56.5 Å². The number of hydrogen-bond donors (Lipinski definition) is 1. The summed E-state index contributed by atoms with van der Waals surface area (Å²) in [5.74, 6) is 0.299. The lowest BCUT2D eigenvalue weighted by molar-refractivity contribution is -0.120. The second-order valence-corrected chi connectivity index (χ2v) is 8.65. The molecule has 0 radical (unpaired) electrons. The fourth-order valence-corrected chi connectivity index (χ4v) is 4.22. The maximum Gasteiger partial charge on any atom is 0.228 e. The van der Waals surface area contributed by atoms with Gasteiger partial charge in [0.05, 0.1) is 11.3 Å². The Morgan fingerprint density at radius 2 is 1.65 bits per heavy atom. The van der Waals surface area contributed by atoms with E-state index in [9.17, 15) is 9.59 Å². The van der Waals surface area contributed by atoms with E-state index in [0.717, 1.165) is 42.5 Å². The van der Waals surface area contributed by atoms with E-state index in [1.807, 2.05) is 43.3 Å². The van der Waals surface area contributed by atoms with E-state index < -0.39 is 0 Å². The zero-order valence-corrected chi connectivity index (χ0v) is 18.6. The van der Waals surface area contributed by atoms with Crippen molar-refractivity contribution in [2.45, 2.75) is 46.0 Å². The van der Waals surface area contributed by atoms with Gasteiger partial charge < -0.3 is 5.32 Å². The van der Waals surface area contributed by atoms with E-state index in [1.165, 1.54) is 6.42 Å². The molecule has 1 aromatic heterocycles. The molecule has 1 fully saturated rings. The third-order valence-electron chi connectivity index (χ3n) is 5.88. The highest BCUT2D eigenvalue weighted by Crippen LogP contribution is 2.30. The second kappa shape index (κ2) is 9.06. The van der Waals surface area contributed by atoms with Crippen molar-refractivity contribution in [2.75, 3.05) is 5.32 Å². The molecule has 6 heteroatoms. The van der Waals surface area contributed by atoms with Crippen molar-refractivity contribution >= 4 is 23.3 Å². The van der Waals surface area contributed by atoms with Crippen molar-refractivity contribution in [1.82, 2.24) is 9.78 Å². The summed E-state index contributed by atoms with van der Waals surface area (Å²) in [6, 6.07) is 14.9. The highest BCUT2D eigenvalue weighted by molar-refractivity contribution is 6.30. The Hall–Kier alpha value is -2.92. The predicted octanol–water partition coefficient (Wildman–Crippen LogP) is 5.69. The molecule has 0 spiro atoms. The number of rotatable bonds is 4. The molecule has 5 nitrogen and oxygen atoms in total. The Balaban J connectivity index is 1.89. The average molecular weight is 436 g/mol. The summed E-state index contributed by atoms with van der Waals surface area (Å²) in [6.45, 7) is 3.69. The fraction of sp³-hybridized carbons (Fsp3) is 0.320. The van der Waals surface area contributed by atoms with Crippen LogP contribution in [0, 0.1) is 19.8 Å². The summed E-state index contributed by atoms with van der Waals surface area (Å²) in [4.78, 5) is 26.4. The number of carbonyl (C=O) groups is 1. The van der Waals surface area contributed by atoms with Gasteiger partial charge in [0.1, 0.15) is 11.5 Å². The Morgan fingerprint density at radius 3 is 2.29 bits per heavy atom. The molecule has 1 aliphatic carbocycles. The summed E-state index contributed by atoms with van der Waals surface area (Å²) >= 11 is 6.07. The van der Waals surface area contributed by atoms with Crippen LogP contribution in [0.25, 0.3) is 16.8 Å². The second-order valence-electron chi connectivity index (χ2n) is 8.22. The molecule has 31 heavy (non-hydrogen) atoms. The van der Waals surface area contributed by atoms with Crippen LogP contribution < -0.4 is 10.7 Å². The molecule has 1 aliphatic rings. The number of nitrogens with one attached hydrogen (secondary N) is 1. The maximum atomic E-state index is 13.2. The quantitative estimate of drug-likeness (QED) is 0.572. The highest BCUT2D eigenvalue weighted by Gasteiger charge is 2.25. The van der Waals surface area contributed by atoms with Gasteiger partial charge in [-0.25, -0.2) is 4.68 Å². The smallest absolute Gasteiger partial charge is 0.228 e. The molecule has 0 aliphatic heterocycles. The number of benzene rings is 2. The van der Waals surface area contributed by atoms with Gasteiger partial charge in [0.25, 0.3) is 0 Å². The molecule has 1 N–H and O–H groups in total. The predicted molar refractivity (Wildman–Crippen MR) is 125 cm³/mol. The SMILES string of the molecule is Cc1ccc(-c2c(NC(=O)C3CCCCC3)n(-c3ccc(Cl)cc3)nc(C)c2=O)cc1. The van der Waals surface area contributed by atoms with E-state index in [1.54, 1.807) is 23.7 Å². The van der Waals surface area contributed by atoms with Crippen molar-refractivity contribution in [2.24, 2.45) is 5.92 Å². The van der Waals surface area contributed by atoms with Crippen LogP contribution in [0.15, 0.2) is 53.3 Å². The number of halogens is 1. The van der Waals surface area contributed by atoms with Crippen LogP contribution >= 0.6 is 11.6 Å². The summed E-state index contributed by atoms with van der Waals surface area (Å²) in [5, 5.41) is 8.20. The molecule has 0 atom stereocenters. The zero-order chi connectivity index (χ0) is 22.0. The molecule has 0 unspecified atom stereocenters. The van der Waals surface area contributed by atoms with Gasteiger partial charge in [-0.1, -0.05) is 60.7 Å². The number of aromatic nitrogens is 2. The maximum absolute atomic E-state index is 13.2. The normalized spacial score (nSPS) is 14.4. The number of hydrogen-bond acceptors (Lipinski definition) is 3. The molecule has 4 rings (SSSR count). The van der Waals surface area contributed by atoms with Gasteiger partial charge in [0.15, 0.2) is 0 Å². The monoisotopic (exact) mass is 435 g/mol.